The first-order chi connectivity index (χ1) is 10.9. The van der Waals surface area contributed by atoms with E-state index in [1.165, 1.54) is 50.7 Å². The van der Waals surface area contributed by atoms with Crippen LogP contribution >= 0.6 is 22.6 Å². The molecule has 2 saturated carbocycles. The maximum atomic E-state index is 12.6. The molecule has 0 bridgehead atoms. The van der Waals surface area contributed by atoms with Crippen LogP contribution in [0.3, 0.4) is 0 Å². The lowest BCUT2D eigenvalue weighted by Gasteiger charge is -2.37. The molecular weight excluding hydrogens is 412 g/mol. The molecule has 2 aliphatic rings. The highest BCUT2D eigenvalue weighted by Gasteiger charge is 2.32. The van der Waals surface area contributed by atoms with Gasteiger partial charge in [-0.15, -0.1) is 0 Å². The molecule has 1 aromatic carbocycles. The van der Waals surface area contributed by atoms with Gasteiger partial charge >= 0.3 is 6.18 Å². The summed E-state index contributed by atoms with van der Waals surface area (Å²) in [6, 6.07) is 5.86. The van der Waals surface area contributed by atoms with Gasteiger partial charge in [0, 0.05) is 3.92 Å². The van der Waals surface area contributed by atoms with E-state index in [1.54, 1.807) is 12.1 Å². The Balaban J connectivity index is 1.54. The van der Waals surface area contributed by atoms with Crippen LogP contribution < -0.4 is 0 Å². The fourth-order valence-electron chi connectivity index (χ4n) is 4.42. The zero-order valence-corrected chi connectivity index (χ0v) is 15.4. The molecule has 0 unspecified atom stereocenters. The fraction of sp³-hybridized carbons (Fsp3) is 0.684. The van der Waals surface area contributed by atoms with E-state index < -0.39 is 11.7 Å². The molecule has 0 spiro atoms. The summed E-state index contributed by atoms with van der Waals surface area (Å²) >= 11 is 2.58. The molecule has 0 nitrogen and oxygen atoms in total. The van der Waals surface area contributed by atoms with Gasteiger partial charge in [-0.3, -0.25) is 0 Å². The Hall–Kier alpha value is -0.260. The van der Waals surface area contributed by atoms with Gasteiger partial charge in [-0.25, -0.2) is 0 Å². The fourth-order valence-corrected chi connectivity index (χ4v) is 5.14. The minimum absolute atomic E-state index is 0.453. The molecule has 0 aliphatic heterocycles. The molecule has 0 saturated heterocycles. The first kappa shape index (κ1) is 17.6. The number of benzene rings is 1. The van der Waals surface area contributed by atoms with Crippen molar-refractivity contribution in [3.8, 4) is 0 Å². The van der Waals surface area contributed by atoms with Crippen LogP contribution in [0.5, 0.6) is 0 Å². The highest BCUT2D eigenvalue weighted by molar-refractivity contribution is 14.1. The van der Waals surface area contributed by atoms with Crippen molar-refractivity contribution in [2.45, 2.75) is 67.4 Å². The minimum Gasteiger partial charge on any atom is -0.166 e. The van der Waals surface area contributed by atoms with Crippen LogP contribution in [0.15, 0.2) is 24.3 Å². The average molecular weight is 436 g/mol. The molecule has 0 heterocycles. The van der Waals surface area contributed by atoms with Crippen molar-refractivity contribution in [2.24, 2.45) is 11.8 Å². The molecule has 4 heteroatoms. The molecule has 0 aromatic heterocycles. The van der Waals surface area contributed by atoms with Gasteiger partial charge in [0.1, 0.15) is 0 Å². The average Bonchev–Trinajstić information content (AvgIpc) is 2.55. The molecule has 3 rings (SSSR count). The van der Waals surface area contributed by atoms with Gasteiger partial charge in [0.05, 0.1) is 5.56 Å². The van der Waals surface area contributed by atoms with Gasteiger partial charge in [-0.2, -0.15) is 13.2 Å². The Bertz CT molecular complexity index is 492. The molecule has 1 aromatic rings. The molecule has 2 fully saturated rings. The number of hydrogen-bond donors (Lipinski definition) is 0. The second-order valence-electron chi connectivity index (χ2n) is 7.24. The largest absolute Gasteiger partial charge is 0.416 e. The van der Waals surface area contributed by atoms with Crippen molar-refractivity contribution in [3.05, 3.63) is 35.4 Å². The van der Waals surface area contributed by atoms with Crippen LogP contribution in [0, 0.1) is 11.8 Å². The summed E-state index contributed by atoms with van der Waals surface area (Å²) in [5, 5.41) is 0. The lowest BCUT2D eigenvalue weighted by Crippen LogP contribution is -2.25. The first-order valence-corrected chi connectivity index (χ1v) is 9.99. The highest BCUT2D eigenvalue weighted by atomic mass is 127. The normalized spacial score (nSPS) is 32.7. The third-order valence-electron chi connectivity index (χ3n) is 5.85. The van der Waals surface area contributed by atoms with Gasteiger partial charge in [0.25, 0.3) is 0 Å². The van der Waals surface area contributed by atoms with E-state index in [9.17, 15) is 13.2 Å². The molecular formula is C19H24F3I. The van der Waals surface area contributed by atoms with Gasteiger partial charge in [0.2, 0.25) is 0 Å². The Morgan fingerprint density at radius 2 is 1.22 bits per heavy atom. The zero-order chi connectivity index (χ0) is 16.4. The van der Waals surface area contributed by atoms with Crippen molar-refractivity contribution in [1.29, 1.82) is 0 Å². The summed E-state index contributed by atoms with van der Waals surface area (Å²) in [6.07, 6.45) is 6.04. The van der Waals surface area contributed by atoms with E-state index in [4.69, 9.17) is 0 Å². The van der Waals surface area contributed by atoms with Crippen LogP contribution in [-0.4, -0.2) is 3.92 Å². The summed E-state index contributed by atoms with van der Waals surface area (Å²) in [4.78, 5) is 0. The Morgan fingerprint density at radius 1 is 0.739 bits per heavy atom. The molecule has 0 atom stereocenters. The summed E-state index contributed by atoms with van der Waals surface area (Å²) in [6.45, 7) is 0. The van der Waals surface area contributed by atoms with Crippen LogP contribution in [0.1, 0.15) is 68.4 Å². The predicted octanol–water partition coefficient (Wildman–Crippen LogP) is 6.97. The minimum atomic E-state index is -4.23. The summed E-state index contributed by atoms with van der Waals surface area (Å²) in [5.41, 5.74) is 0.554. The Kier molecular flexibility index (Phi) is 5.59. The molecule has 2 aliphatic carbocycles. The molecule has 0 radical (unpaired) electrons. The highest BCUT2D eigenvalue weighted by Crippen LogP contribution is 2.44. The quantitative estimate of drug-likeness (QED) is 0.347. The van der Waals surface area contributed by atoms with Crippen LogP contribution in [0.2, 0.25) is 0 Å². The van der Waals surface area contributed by atoms with Gasteiger partial charge in [0.15, 0.2) is 0 Å². The van der Waals surface area contributed by atoms with Crippen molar-refractivity contribution >= 4 is 22.6 Å². The van der Waals surface area contributed by atoms with E-state index in [0.29, 0.717) is 5.92 Å². The maximum absolute atomic E-state index is 12.6. The zero-order valence-electron chi connectivity index (χ0n) is 13.3. The molecule has 0 amide bonds. The monoisotopic (exact) mass is 436 g/mol. The lowest BCUT2D eigenvalue weighted by molar-refractivity contribution is -0.137. The van der Waals surface area contributed by atoms with Gasteiger partial charge in [-0.1, -0.05) is 34.7 Å². The third kappa shape index (κ3) is 4.43. The van der Waals surface area contributed by atoms with Crippen LogP contribution in [0.4, 0.5) is 13.2 Å². The molecule has 128 valence electrons. The SMILES string of the molecule is FC(F)(F)c1ccc(C2CCC(C3CCC(I)CC3)CC2)cc1. The van der Waals surface area contributed by atoms with Crippen LogP contribution in [0.25, 0.3) is 0 Å². The first-order valence-electron chi connectivity index (χ1n) is 8.74. The maximum Gasteiger partial charge on any atom is 0.416 e. The van der Waals surface area contributed by atoms with Crippen LogP contribution in [-0.2, 0) is 6.18 Å². The molecule has 0 N–H and O–H groups in total. The Labute approximate surface area is 150 Å². The molecule has 23 heavy (non-hydrogen) atoms. The number of hydrogen-bond acceptors (Lipinski definition) is 0. The number of halogens is 4. The number of rotatable bonds is 2. The third-order valence-corrected chi connectivity index (χ3v) is 7.09. The van der Waals surface area contributed by atoms with Crippen molar-refractivity contribution in [3.63, 3.8) is 0 Å². The van der Waals surface area contributed by atoms with Gasteiger partial charge in [-0.05, 0) is 86.8 Å². The lowest BCUT2D eigenvalue weighted by atomic mass is 9.70. The second kappa shape index (κ2) is 7.32. The number of alkyl halides is 4. The van der Waals surface area contributed by atoms with E-state index in [0.717, 1.165) is 34.2 Å². The predicted molar refractivity (Wildman–Crippen MR) is 95.9 cm³/mol. The topological polar surface area (TPSA) is 0 Å². The van der Waals surface area contributed by atoms with Crippen molar-refractivity contribution in [2.75, 3.05) is 0 Å². The summed E-state index contributed by atoms with van der Waals surface area (Å²) in [7, 11) is 0. The van der Waals surface area contributed by atoms with Gasteiger partial charge < -0.3 is 0 Å². The Morgan fingerprint density at radius 3 is 1.70 bits per heavy atom. The van der Waals surface area contributed by atoms with E-state index in [-0.39, 0.29) is 0 Å². The standard InChI is InChI=1S/C19H24F3I/c20-19(21,22)17-9-5-15(6-10-17)13-1-3-14(4-2-13)16-7-11-18(23)12-8-16/h5-6,9-10,13-14,16,18H,1-4,7-8,11-12H2. The van der Waals surface area contributed by atoms with Crippen molar-refractivity contribution in [1.82, 2.24) is 0 Å². The summed E-state index contributed by atoms with van der Waals surface area (Å²) in [5.74, 6) is 2.20. The van der Waals surface area contributed by atoms with E-state index in [2.05, 4.69) is 22.6 Å². The second-order valence-corrected chi connectivity index (χ2v) is 9.01. The van der Waals surface area contributed by atoms with Crippen molar-refractivity contribution < 1.29 is 13.2 Å². The van der Waals surface area contributed by atoms with E-state index >= 15 is 0 Å². The summed E-state index contributed by atoms with van der Waals surface area (Å²) < 4.78 is 38.8. The smallest absolute Gasteiger partial charge is 0.166 e. The van der Waals surface area contributed by atoms with E-state index in [1.807, 2.05) is 0 Å².